The standard InChI is InChI=1S/C10H15N3O5S/c1-2-18-6-8(10(14)15)13-19(16,17)9-4-3-7(11)5-12-9/h3-5,8,13H,2,6,11H2,1H3,(H,14,15). The Morgan fingerprint density at radius 3 is 2.74 bits per heavy atom. The summed E-state index contributed by atoms with van der Waals surface area (Å²) in [5.41, 5.74) is 5.70. The third-order valence-electron chi connectivity index (χ3n) is 2.12. The number of carboxylic acid groups (broad SMARTS) is 1. The number of nitrogens with one attached hydrogen (secondary N) is 1. The van der Waals surface area contributed by atoms with E-state index < -0.39 is 22.0 Å². The zero-order valence-corrected chi connectivity index (χ0v) is 11.1. The molecule has 4 N–H and O–H groups in total. The molecule has 106 valence electrons. The summed E-state index contributed by atoms with van der Waals surface area (Å²) in [6.45, 7) is 1.70. The molecule has 9 heteroatoms. The van der Waals surface area contributed by atoms with Gasteiger partial charge in [-0.3, -0.25) is 4.79 Å². The Balaban J connectivity index is 2.87. The number of anilines is 1. The second-order valence-electron chi connectivity index (χ2n) is 3.60. The molecule has 0 fully saturated rings. The number of nitrogen functional groups attached to an aromatic ring is 1. The fraction of sp³-hybridized carbons (Fsp3) is 0.400. The number of hydrogen-bond donors (Lipinski definition) is 3. The van der Waals surface area contributed by atoms with E-state index in [2.05, 4.69) is 4.98 Å². The lowest BCUT2D eigenvalue weighted by molar-refractivity contribution is -0.140. The van der Waals surface area contributed by atoms with Crippen LogP contribution in [0.3, 0.4) is 0 Å². The van der Waals surface area contributed by atoms with E-state index in [4.69, 9.17) is 15.6 Å². The lowest BCUT2D eigenvalue weighted by Gasteiger charge is -2.14. The van der Waals surface area contributed by atoms with Gasteiger partial charge < -0.3 is 15.6 Å². The molecule has 0 radical (unpaired) electrons. The second kappa shape index (κ2) is 6.45. The summed E-state index contributed by atoms with van der Waals surface area (Å²) in [7, 11) is -4.03. The van der Waals surface area contributed by atoms with Crippen molar-refractivity contribution in [1.82, 2.24) is 9.71 Å². The van der Waals surface area contributed by atoms with E-state index in [9.17, 15) is 13.2 Å². The predicted molar refractivity (Wildman–Crippen MR) is 66.9 cm³/mol. The minimum absolute atomic E-state index is 0.264. The van der Waals surface area contributed by atoms with Gasteiger partial charge in [-0.1, -0.05) is 0 Å². The van der Waals surface area contributed by atoms with E-state index in [0.29, 0.717) is 5.69 Å². The number of nitrogens with two attached hydrogens (primary N) is 1. The van der Waals surface area contributed by atoms with Crippen LogP contribution in [0.4, 0.5) is 5.69 Å². The number of aromatic nitrogens is 1. The average Bonchev–Trinajstić information content (AvgIpc) is 2.34. The first-order valence-electron chi connectivity index (χ1n) is 5.41. The van der Waals surface area contributed by atoms with Crippen molar-refractivity contribution in [2.45, 2.75) is 18.0 Å². The van der Waals surface area contributed by atoms with Gasteiger partial charge in [0, 0.05) is 6.61 Å². The molecule has 1 unspecified atom stereocenters. The summed E-state index contributed by atoms with van der Waals surface area (Å²) in [5.74, 6) is -1.33. The van der Waals surface area contributed by atoms with Crippen molar-refractivity contribution < 1.29 is 23.1 Å². The summed E-state index contributed by atoms with van der Waals surface area (Å²) >= 11 is 0. The number of carbonyl (C=O) groups is 1. The molecular weight excluding hydrogens is 274 g/mol. The van der Waals surface area contributed by atoms with E-state index in [1.165, 1.54) is 18.3 Å². The van der Waals surface area contributed by atoms with Gasteiger partial charge in [-0.2, -0.15) is 4.72 Å². The molecule has 1 heterocycles. The number of sulfonamides is 1. The molecule has 1 aromatic heterocycles. The van der Waals surface area contributed by atoms with Gasteiger partial charge in [0.1, 0.15) is 6.04 Å². The zero-order chi connectivity index (χ0) is 14.5. The summed E-state index contributed by atoms with van der Waals surface area (Å²) in [6.07, 6.45) is 1.17. The first kappa shape index (κ1) is 15.3. The lowest BCUT2D eigenvalue weighted by atomic mass is 10.3. The van der Waals surface area contributed by atoms with Crippen molar-refractivity contribution in [3.05, 3.63) is 18.3 Å². The molecule has 0 saturated carbocycles. The maximum Gasteiger partial charge on any atom is 0.324 e. The van der Waals surface area contributed by atoms with Crippen LogP contribution in [0.25, 0.3) is 0 Å². The van der Waals surface area contributed by atoms with Gasteiger partial charge in [0.05, 0.1) is 18.5 Å². The number of aliphatic carboxylic acids is 1. The van der Waals surface area contributed by atoms with Gasteiger partial charge in [-0.05, 0) is 19.1 Å². The summed E-state index contributed by atoms with van der Waals surface area (Å²) in [6, 6.07) is 1.18. The van der Waals surface area contributed by atoms with Gasteiger partial charge in [0.2, 0.25) is 0 Å². The van der Waals surface area contributed by atoms with E-state index in [1.54, 1.807) is 6.92 Å². The molecular formula is C10H15N3O5S. The average molecular weight is 289 g/mol. The third-order valence-corrected chi connectivity index (χ3v) is 3.51. The third kappa shape index (κ3) is 4.47. The number of rotatable bonds is 7. The maximum absolute atomic E-state index is 11.9. The summed E-state index contributed by atoms with van der Waals surface area (Å²) < 4.78 is 30.7. The van der Waals surface area contributed by atoms with Crippen molar-refractivity contribution in [2.24, 2.45) is 0 Å². The Labute approximate surface area is 110 Å². The molecule has 1 aromatic rings. The monoisotopic (exact) mass is 289 g/mol. The number of carboxylic acids is 1. The molecule has 0 amide bonds. The van der Waals surface area contributed by atoms with Gasteiger partial charge in [-0.25, -0.2) is 13.4 Å². The minimum atomic E-state index is -4.03. The Kier molecular flexibility index (Phi) is 5.21. The maximum atomic E-state index is 11.9. The normalized spacial score (nSPS) is 13.1. The quantitative estimate of drug-likeness (QED) is 0.612. The molecule has 0 aliphatic carbocycles. The van der Waals surface area contributed by atoms with Crippen LogP contribution in [0.5, 0.6) is 0 Å². The molecule has 0 saturated heterocycles. The number of pyridine rings is 1. The number of nitrogens with zero attached hydrogens (tertiary/aromatic N) is 1. The van der Waals surface area contributed by atoms with Crippen molar-refractivity contribution in [1.29, 1.82) is 0 Å². The number of hydrogen-bond acceptors (Lipinski definition) is 6. The smallest absolute Gasteiger partial charge is 0.324 e. The highest BCUT2D eigenvalue weighted by Gasteiger charge is 2.26. The SMILES string of the molecule is CCOCC(NS(=O)(=O)c1ccc(N)cn1)C(=O)O. The molecule has 0 spiro atoms. The Morgan fingerprint density at radius 1 is 1.58 bits per heavy atom. The molecule has 0 aliphatic rings. The Bertz CT molecular complexity index is 529. The van der Waals surface area contributed by atoms with Crippen LogP contribution in [0.2, 0.25) is 0 Å². The summed E-state index contributed by atoms with van der Waals surface area (Å²) in [5, 5.41) is 8.61. The first-order valence-corrected chi connectivity index (χ1v) is 6.89. The molecule has 0 bridgehead atoms. The van der Waals surface area contributed by atoms with Crippen LogP contribution in [-0.2, 0) is 19.6 Å². The van der Waals surface area contributed by atoms with Gasteiger partial charge in [-0.15, -0.1) is 0 Å². The van der Waals surface area contributed by atoms with Gasteiger partial charge in [0.15, 0.2) is 5.03 Å². The highest BCUT2D eigenvalue weighted by Crippen LogP contribution is 2.08. The van der Waals surface area contributed by atoms with Crippen LogP contribution >= 0.6 is 0 Å². The highest BCUT2D eigenvalue weighted by molar-refractivity contribution is 7.89. The fourth-order valence-electron chi connectivity index (χ4n) is 1.19. The number of ether oxygens (including phenoxy) is 1. The molecule has 19 heavy (non-hydrogen) atoms. The highest BCUT2D eigenvalue weighted by atomic mass is 32.2. The largest absolute Gasteiger partial charge is 0.480 e. The topological polar surface area (TPSA) is 132 Å². The summed E-state index contributed by atoms with van der Waals surface area (Å²) in [4.78, 5) is 14.6. The van der Waals surface area contributed by atoms with E-state index >= 15 is 0 Å². The van der Waals surface area contributed by atoms with E-state index in [0.717, 1.165) is 0 Å². The van der Waals surface area contributed by atoms with Crippen LogP contribution < -0.4 is 10.5 Å². The van der Waals surface area contributed by atoms with Crippen LogP contribution in [0.1, 0.15) is 6.92 Å². The Morgan fingerprint density at radius 2 is 2.26 bits per heavy atom. The van der Waals surface area contributed by atoms with Crippen molar-refractivity contribution in [3.63, 3.8) is 0 Å². The zero-order valence-electron chi connectivity index (χ0n) is 10.2. The molecule has 0 aliphatic heterocycles. The lowest BCUT2D eigenvalue weighted by Crippen LogP contribution is -2.44. The van der Waals surface area contributed by atoms with Crippen LogP contribution in [0.15, 0.2) is 23.4 Å². The molecule has 1 atom stereocenters. The predicted octanol–water partition coefficient (Wildman–Crippen LogP) is -0.568. The minimum Gasteiger partial charge on any atom is -0.480 e. The van der Waals surface area contributed by atoms with E-state index in [1.807, 2.05) is 4.72 Å². The Hall–Kier alpha value is -1.71. The van der Waals surface area contributed by atoms with Crippen molar-refractivity contribution >= 4 is 21.7 Å². The fourth-order valence-corrected chi connectivity index (χ4v) is 2.29. The van der Waals surface area contributed by atoms with Crippen molar-refractivity contribution in [3.8, 4) is 0 Å². The van der Waals surface area contributed by atoms with Crippen LogP contribution in [-0.4, -0.2) is 43.7 Å². The van der Waals surface area contributed by atoms with Crippen molar-refractivity contribution in [2.75, 3.05) is 18.9 Å². The molecule has 8 nitrogen and oxygen atoms in total. The molecule has 1 rings (SSSR count). The van der Waals surface area contributed by atoms with Crippen LogP contribution in [0, 0.1) is 0 Å². The molecule has 0 aromatic carbocycles. The van der Waals surface area contributed by atoms with Gasteiger partial charge >= 0.3 is 5.97 Å². The first-order chi connectivity index (χ1) is 8.86. The van der Waals surface area contributed by atoms with E-state index in [-0.39, 0.29) is 18.2 Å². The second-order valence-corrected chi connectivity index (χ2v) is 5.26. The van der Waals surface area contributed by atoms with Gasteiger partial charge in [0.25, 0.3) is 10.0 Å².